The molecule has 0 spiro atoms. The molecule has 0 aliphatic heterocycles. The summed E-state index contributed by atoms with van der Waals surface area (Å²) in [6, 6.07) is -0.946. The summed E-state index contributed by atoms with van der Waals surface area (Å²) >= 11 is 0. The van der Waals surface area contributed by atoms with E-state index in [-0.39, 0.29) is 18.9 Å². The predicted octanol–water partition coefficient (Wildman–Crippen LogP) is 8.60. The second kappa shape index (κ2) is 31.4. The normalized spacial score (nSPS) is 15.8. The summed E-state index contributed by atoms with van der Waals surface area (Å²) in [7, 11) is 1.17. The second-order valence-electron chi connectivity index (χ2n) is 12.8. The molecule has 3 unspecified atom stereocenters. The Balaban J connectivity index is 4.65. The average molecular weight is 703 g/mol. The van der Waals surface area contributed by atoms with Gasteiger partial charge in [-0.3, -0.25) is 9.36 Å². The molecule has 0 bridgehead atoms. The zero-order valence-corrected chi connectivity index (χ0v) is 32.0. The van der Waals surface area contributed by atoms with Crippen LogP contribution < -0.4 is 10.2 Å². The van der Waals surface area contributed by atoms with Crippen LogP contribution in [0.5, 0.6) is 0 Å². The zero-order chi connectivity index (χ0) is 36.5. The standard InChI is InChI=1S/C40H67N2O6P/c1-6-8-10-12-14-16-17-18-19-20-21-22-23-24-25-26-28-30-32-34-40(44)41-38(37-48-49(45,46)47-36-35-42(3,4)5)39(43)33-31-29-27-15-13-11-9-7-2/h8,10,13-16,18-19,21-22,24-25,28,30-31,33,38-39,43H,6-7,9,11-12,17,20,23,26-27,29,32,34-37H2,1-5H3,(H-,41,44,45,46)/b10-8-,15-13+,16-14-,19-18-,22-21-,25-24-,30-28-,33-31+. The minimum absolute atomic E-state index is 0.0263. The lowest BCUT2D eigenvalue weighted by atomic mass is 10.1. The highest BCUT2D eigenvalue weighted by atomic mass is 31.2. The zero-order valence-electron chi connectivity index (χ0n) is 31.1. The molecule has 0 saturated carbocycles. The number of phosphoric acid groups is 1. The molecule has 0 saturated heterocycles. The number of rotatable bonds is 30. The average Bonchev–Trinajstić information content (AvgIpc) is 3.04. The molecule has 0 radical (unpaired) electrons. The summed E-state index contributed by atoms with van der Waals surface area (Å²) in [5, 5.41) is 13.5. The first-order valence-corrected chi connectivity index (χ1v) is 19.6. The van der Waals surface area contributed by atoms with Gasteiger partial charge in [-0.05, 0) is 64.2 Å². The van der Waals surface area contributed by atoms with Gasteiger partial charge in [0.15, 0.2) is 0 Å². The lowest BCUT2D eigenvalue weighted by Crippen LogP contribution is -2.45. The first kappa shape index (κ1) is 46.4. The van der Waals surface area contributed by atoms with Gasteiger partial charge in [0.1, 0.15) is 13.2 Å². The van der Waals surface area contributed by atoms with Crippen molar-refractivity contribution in [3.05, 3.63) is 97.2 Å². The van der Waals surface area contributed by atoms with Gasteiger partial charge in [-0.1, -0.05) is 124 Å². The van der Waals surface area contributed by atoms with Crippen LogP contribution >= 0.6 is 7.82 Å². The lowest BCUT2D eigenvalue weighted by Gasteiger charge is -2.29. The fraction of sp³-hybridized carbons (Fsp3) is 0.575. The Kier molecular flexibility index (Phi) is 29.8. The third-order valence-electron chi connectivity index (χ3n) is 7.04. The van der Waals surface area contributed by atoms with Gasteiger partial charge in [0.2, 0.25) is 5.91 Å². The van der Waals surface area contributed by atoms with Crippen molar-refractivity contribution in [1.29, 1.82) is 0 Å². The first-order chi connectivity index (χ1) is 23.5. The van der Waals surface area contributed by atoms with Crippen molar-refractivity contribution >= 4 is 13.7 Å². The monoisotopic (exact) mass is 702 g/mol. The number of aliphatic hydroxyl groups excluding tert-OH is 1. The van der Waals surface area contributed by atoms with Crippen molar-refractivity contribution in [2.24, 2.45) is 0 Å². The number of carbonyl (C=O) groups is 1. The SMILES string of the molecule is CC/C=C\C/C=C\C/C=C\C/C=C\C/C=C\C/C=C\CCC(=O)NC(COP(=O)([O-])OCC[N+](C)(C)C)C(O)/C=C/CC/C=C/CCCC. The number of allylic oxidation sites excluding steroid dienone is 15. The maximum atomic E-state index is 12.7. The number of carbonyl (C=O) groups excluding carboxylic acids is 1. The number of likely N-dealkylation sites (N-methyl/N-ethyl adjacent to an activating group) is 1. The van der Waals surface area contributed by atoms with Crippen molar-refractivity contribution in [3.63, 3.8) is 0 Å². The number of amides is 1. The van der Waals surface area contributed by atoms with Crippen LogP contribution in [0, 0.1) is 0 Å². The van der Waals surface area contributed by atoms with Crippen LogP contribution in [0.3, 0.4) is 0 Å². The Labute approximate surface area is 299 Å². The molecule has 0 aromatic carbocycles. The third kappa shape index (κ3) is 33.7. The number of nitrogens with zero attached hydrogens (tertiary/aromatic N) is 1. The third-order valence-corrected chi connectivity index (χ3v) is 8.01. The fourth-order valence-electron chi connectivity index (χ4n) is 4.11. The molecule has 8 nitrogen and oxygen atoms in total. The van der Waals surface area contributed by atoms with Gasteiger partial charge in [0, 0.05) is 6.42 Å². The summed E-state index contributed by atoms with van der Waals surface area (Å²) in [6.45, 7) is 4.32. The van der Waals surface area contributed by atoms with E-state index in [1.807, 2.05) is 39.4 Å². The summed E-state index contributed by atoms with van der Waals surface area (Å²) in [5.74, 6) is -0.300. The highest BCUT2D eigenvalue weighted by Gasteiger charge is 2.23. The van der Waals surface area contributed by atoms with Gasteiger partial charge in [-0.25, -0.2) is 0 Å². The number of hydrogen-bond acceptors (Lipinski definition) is 6. The van der Waals surface area contributed by atoms with Crippen LogP contribution in [0.4, 0.5) is 0 Å². The van der Waals surface area contributed by atoms with Crippen LogP contribution in [-0.2, 0) is 18.4 Å². The minimum atomic E-state index is -4.61. The minimum Gasteiger partial charge on any atom is -0.756 e. The predicted molar refractivity (Wildman–Crippen MR) is 205 cm³/mol. The topological polar surface area (TPSA) is 108 Å². The van der Waals surface area contributed by atoms with Crippen LogP contribution in [0.1, 0.15) is 97.3 Å². The number of unbranched alkanes of at least 4 members (excludes halogenated alkanes) is 3. The van der Waals surface area contributed by atoms with Gasteiger partial charge in [-0.2, -0.15) is 0 Å². The molecule has 1 amide bonds. The molecule has 278 valence electrons. The van der Waals surface area contributed by atoms with E-state index in [4.69, 9.17) is 9.05 Å². The van der Waals surface area contributed by atoms with E-state index in [2.05, 4.69) is 92.1 Å². The fourth-order valence-corrected chi connectivity index (χ4v) is 4.84. The molecule has 9 heteroatoms. The molecule has 0 aliphatic rings. The molecule has 0 aromatic rings. The summed E-state index contributed by atoms with van der Waals surface area (Å²) < 4.78 is 22.9. The molecule has 0 heterocycles. The molecular weight excluding hydrogens is 635 g/mol. The van der Waals surface area contributed by atoms with Crippen molar-refractivity contribution in [2.75, 3.05) is 40.9 Å². The number of quaternary nitrogens is 1. The molecule has 2 N–H and O–H groups in total. The van der Waals surface area contributed by atoms with E-state index in [1.165, 1.54) is 0 Å². The van der Waals surface area contributed by atoms with Gasteiger partial charge in [-0.15, -0.1) is 0 Å². The Morgan fingerprint density at radius 3 is 1.76 bits per heavy atom. The molecule has 0 aromatic heterocycles. The molecular formula is C40H67N2O6P. The summed E-state index contributed by atoms with van der Waals surface area (Å²) in [4.78, 5) is 25.0. The number of aliphatic hydroxyl groups is 1. The Hall–Kier alpha value is -2.58. The van der Waals surface area contributed by atoms with Crippen LogP contribution in [0.25, 0.3) is 0 Å². The van der Waals surface area contributed by atoms with Crippen LogP contribution in [0.2, 0.25) is 0 Å². The van der Waals surface area contributed by atoms with Crippen molar-refractivity contribution < 1.29 is 32.9 Å². The van der Waals surface area contributed by atoms with E-state index >= 15 is 0 Å². The Morgan fingerprint density at radius 2 is 1.22 bits per heavy atom. The molecule has 0 rings (SSSR count). The second-order valence-corrected chi connectivity index (χ2v) is 14.2. The molecule has 3 atom stereocenters. The highest BCUT2D eigenvalue weighted by Crippen LogP contribution is 2.38. The summed E-state index contributed by atoms with van der Waals surface area (Å²) in [6.07, 6.45) is 43.4. The number of nitrogens with one attached hydrogen (secondary N) is 1. The van der Waals surface area contributed by atoms with Crippen molar-refractivity contribution in [2.45, 2.75) is 109 Å². The van der Waals surface area contributed by atoms with Gasteiger partial charge < -0.3 is 28.8 Å². The van der Waals surface area contributed by atoms with E-state index in [9.17, 15) is 19.4 Å². The first-order valence-electron chi connectivity index (χ1n) is 18.1. The van der Waals surface area contributed by atoms with E-state index in [0.29, 0.717) is 17.4 Å². The van der Waals surface area contributed by atoms with Crippen molar-refractivity contribution in [1.82, 2.24) is 5.32 Å². The van der Waals surface area contributed by atoms with E-state index in [0.717, 1.165) is 70.6 Å². The molecule has 0 aliphatic carbocycles. The number of phosphoric ester groups is 1. The quantitative estimate of drug-likeness (QED) is 0.0336. The van der Waals surface area contributed by atoms with Crippen LogP contribution in [0.15, 0.2) is 97.2 Å². The Morgan fingerprint density at radius 1 is 0.735 bits per heavy atom. The van der Waals surface area contributed by atoms with E-state index < -0.39 is 26.6 Å². The van der Waals surface area contributed by atoms with Gasteiger partial charge in [0.25, 0.3) is 7.82 Å². The van der Waals surface area contributed by atoms with Gasteiger partial charge >= 0.3 is 0 Å². The summed E-state index contributed by atoms with van der Waals surface area (Å²) in [5.41, 5.74) is 0. The maximum Gasteiger partial charge on any atom is 0.268 e. The Bertz CT molecular complexity index is 1110. The van der Waals surface area contributed by atoms with Crippen molar-refractivity contribution in [3.8, 4) is 0 Å². The van der Waals surface area contributed by atoms with Gasteiger partial charge in [0.05, 0.1) is 39.9 Å². The maximum absolute atomic E-state index is 12.7. The number of hydrogen-bond donors (Lipinski definition) is 2. The van der Waals surface area contributed by atoms with E-state index in [1.54, 1.807) is 6.08 Å². The molecule has 49 heavy (non-hydrogen) atoms. The largest absolute Gasteiger partial charge is 0.756 e. The van der Waals surface area contributed by atoms with Crippen LogP contribution in [-0.4, -0.2) is 68.5 Å². The highest BCUT2D eigenvalue weighted by molar-refractivity contribution is 7.45. The smallest absolute Gasteiger partial charge is 0.268 e. The lowest BCUT2D eigenvalue weighted by molar-refractivity contribution is -0.870. The molecule has 0 fully saturated rings.